The molecule has 6 heteroatoms. The summed E-state index contributed by atoms with van der Waals surface area (Å²) in [6, 6.07) is 3.60. The molecule has 1 heterocycles. The third kappa shape index (κ3) is 5.16. The molecule has 1 fully saturated rings. The van der Waals surface area contributed by atoms with E-state index < -0.39 is 11.6 Å². The summed E-state index contributed by atoms with van der Waals surface area (Å²) in [6.45, 7) is 3.71. The predicted molar refractivity (Wildman–Crippen MR) is 89.5 cm³/mol. The zero-order valence-electron chi connectivity index (χ0n) is 13.1. The Morgan fingerprint density at radius 1 is 1.27 bits per heavy atom. The van der Waals surface area contributed by atoms with Gasteiger partial charge in [0.25, 0.3) is 0 Å². The lowest BCUT2D eigenvalue weighted by Gasteiger charge is -2.24. The summed E-state index contributed by atoms with van der Waals surface area (Å²) >= 11 is 1.99. The first kappa shape index (κ1) is 17.1. The van der Waals surface area contributed by atoms with Crippen LogP contribution in [0.5, 0.6) is 0 Å². The van der Waals surface area contributed by atoms with Gasteiger partial charge < -0.3 is 10.6 Å². The molecule has 1 saturated heterocycles. The summed E-state index contributed by atoms with van der Waals surface area (Å²) in [7, 11) is 1.72. The number of hydrogen-bond acceptors (Lipinski definition) is 2. The highest BCUT2D eigenvalue weighted by Gasteiger charge is 2.29. The van der Waals surface area contributed by atoms with Gasteiger partial charge in [-0.2, -0.15) is 11.8 Å². The van der Waals surface area contributed by atoms with Gasteiger partial charge >= 0.3 is 0 Å². The maximum Gasteiger partial charge on any atom is 0.191 e. The first-order valence-corrected chi connectivity index (χ1v) is 8.53. The number of aliphatic imine (C=N–C) groups is 1. The van der Waals surface area contributed by atoms with E-state index in [9.17, 15) is 8.78 Å². The van der Waals surface area contributed by atoms with E-state index >= 15 is 0 Å². The van der Waals surface area contributed by atoms with Crippen molar-refractivity contribution in [2.45, 2.75) is 30.9 Å². The third-order valence-electron chi connectivity index (χ3n) is 3.78. The predicted octanol–water partition coefficient (Wildman–Crippen LogP) is 2.96. The fourth-order valence-electron chi connectivity index (χ4n) is 2.55. The van der Waals surface area contributed by atoms with Crippen LogP contribution in [0.25, 0.3) is 0 Å². The molecule has 0 amide bonds. The Morgan fingerprint density at radius 3 is 2.59 bits per heavy atom. The average molecular weight is 327 g/mol. The molecular weight excluding hydrogens is 304 g/mol. The van der Waals surface area contributed by atoms with Gasteiger partial charge in [0.05, 0.1) is 0 Å². The van der Waals surface area contributed by atoms with Crippen molar-refractivity contribution in [1.82, 2.24) is 10.6 Å². The highest BCUT2D eigenvalue weighted by Crippen LogP contribution is 2.36. The lowest BCUT2D eigenvalue weighted by molar-refractivity contribution is 0.577. The summed E-state index contributed by atoms with van der Waals surface area (Å²) in [4.78, 5) is 4.18. The molecule has 1 aromatic carbocycles. The minimum absolute atomic E-state index is 0.267. The van der Waals surface area contributed by atoms with Crippen molar-refractivity contribution in [3.8, 4) is 0 Å². The minimum atomic E-state index is -0.538. The van der Waals surface area contributed by atoms with Crippen molar-refractivity contribution in [2.24, 2.45) is 4.99 Å². The van der Waals surface area contributed by atoms with E-state index in [1.807, 2.05) is 11.8 Å². The summed E-state index contributed by atoms with van der Waals surface area (Å²) in [6.07, 6.45) is 3.02. The van der Waals surface area contributed by atoms with Gasteiger partial charge in [-0.3, -0.25) is 4.99 Å². The Bertz CT molecular complexity index is 508. The van der Waals surface area contributed by atoms with Crippen LogP contribution < -0.4 is 10.6 Å². The fourth-order valence-corrected chi connectivity index (χ4v) is 3.79. The number of nitrogens with zero attached hydrogens (tertiary/aromatic N) is 1. The quantitative estimate of drug-likeness (QED) is 0.645. The highest BCUT2D eigenvalue weighted by molar-refractivity contribution is 8.00. The fraction of sp³-hybridized carbons (Fsp3) is 0.562. The molecule has 3 nitrogen and oxygen atoms in total. The molecule has 2 N–H and O–H groups in total. The Morgan fingerprint density at radius 2 is 2.00 bits per heavy atom. The summed E-state index contributed by atoms with van der Waals surface area (Å²) < 4.78 is 26.5. The minimum Gasteiger partial charge on any atom is -0.356 e. The Balaban J connectivity index is 1.76. The van der Waals surface area contributed by atoms with Crippen LogP contribution in [0.15, 0.2) is 23.2 Å². The van der Waals surface area contributed by atoms with Gasteiger partial charge in [-0.25, -0.2) is 8.78 Å². The standard InChI is InChI=1S/C16H23F2N3S/c1-16(5-3-7-22-16)11-21-15(19-2)20-6-4-12-8-13(17)10-14(18)9-12/h8-10H,3-7,11H2,1-2H3,(H2,19,20,21). The first-order valence-electron chi connectivity index (χ1n) is 7.54. The SMILES string of the molecule is CN=C(NCCc1cc(F)cc(F)c1)NCC1(C)CCCS1. The van der Waals surface area contributed by atoms with Crippen LogP contribution in [-0.2, 0) is 6.42 Å². The van der Waals surface area contributed by atoms with Crippen LogP contribution in [0.4, 0.5) is 8.78 Å². The highest BCUT2D eigenvalue weighted by atomic mass is 32.2. The van der Waals surface area contributed by atoms with E-state index in [-0.39, 0.29) is 4.75 Å². The Labute approximate surface area is 135 Å². The van der Waals surface area contributed by atoms with E-state index in [2.05, 4.69) is 22.5 Å². The van der Waals surface area contributed by atoms with Crippen molar-refractivity contribution >= 4 is 17.7 Å². The average Bonchev–Trinajstić information content (AvgIpc) is 2.89. The number of benzene rings is 1. The maximum atomic E-state index is 13.1. The van der Waals surface area contributed by atoms with Crippen LogP contribution in [0.2, 0.25) is 0 Å². The van der Waals surface area contributed by atoms with Gasteiger partial charge in [0.1, 0.15) is 11.6 Å². The van der Waals surface area contributed by atoms with Crippen molar-refractivity contribution in [3.05, 3.63) is 35.4 Å². The molecule has 22 heavy (non-hydrogen) atoms. The van der Waals surface area contributed by atoms with Crippen molar-refractivity contribution in [2.75, 3.05) is 25.9 Å². The Kier molecular flexibility index (Phi) is 6.06. The van der Waals surface area contributed by atoms with Crippen LogP contribution in [0.3, 0.4) is 0 Å². The van der Waals surface area contributed by atoms with Gasteiger partial charge in [0.2, 0.25) is 0 Å². The largest absolute Gasteiger partial charge is 0.356 e. The van der Waals surface area contributed by atoms with Crippen molar-refractivity contribution in [1.29, 1.82) is 0 Å². The number of rotatable bonds is 5. The number of halogens is 2. The lowest BCUT2D eigenvalue weighted by atomic mass is 10.1. The van der Waals surface area contributed by atoms with E-state index in [1.54, 1.807) is 7.05 Å². The Hall–Kier alpha value is -1.30. The van der Waals surface area contributed by atoms with E-state index in [0.29, 0.717) is 18.5 Å². The second-order valence-electron chi connectivity index (χ2n) is 5.78. The van der Waals surface area contributed by atoms with Crippen molar-refractivity contribution in [3.63, 3.8) is 0 Å². The molecule has 1 aromatic rings. The number of hydrogen-bond donors (Lipinski definition) is 2. The molecule has 0 saturated carbocycles. The molecule has 1 atom stereocenters. The smallest absolute Gasteiger partial charge is 0.191 e. The van der Waals surface area contributed by atoms with Gasteiger partial charge in [-0.15, -0.1) is 0 Å². The van der Waals surface area contributed by atoms with Crippen molar-refractivity contribution < 1.29 is 8.78 Å². The second-order valence-corrected chi connectivity index (χ2v) is 7.46. The third-order valence-corrected chi connectivity index (χ3v) is 5.32. The molecule has 0 aliphatic carbocycles. The van der Waals surface area contributed by atoms with E-state index in [0.717, 1.165) is 18.6 Å². The molecule has 1 aliphatic rings. The van der Waals surface area contributed by atoms with E-state index in [1.165, 1.54) is 30.7 Å². The monoisotopic (exact) mass is 327 g/mol. The molecule has 0 spiro atoms. The van der Waals surface area contributed by atoms with Gasteiger partial charge in [-0.05, 0) is 49.6 Å². The number of guanidine groups is 1. The zero-order valence-corrected chi connectivity index (χ0v) is 13.9. The summed E-state index contributed by atoms with van der Waals surface area (Å²) in [5, 5.41) is 6.51. The molecular formula is C16H23F2N3S. The second kappa shape index (κ2) is 7.81. The molecule has 0 aromatic heterocycles. The van der Waals surface area contributed by atoms with Gasteiger partial charge in [0.15, 0.2) is 5.96 Å². The zero-order chi connectivity index (χ0) is 16.0. The molecule has 0 radical (unpaired) electrons. The summed E-state index contributed by atoms with van der Waals surface area (Å²) in [5.41, 5.74) is 0.638. The van der Waals surface area contributed by atoms with Crippen LogP contribution in [-0.4, -0.2) is 36.6 Å². The van der Waals surface area contributed by atoms with E-state index in [4.69, 9.17) is 0 Å². The topological polar surface area (TPSA) is 36.4 Å². The van der Waals surface area contributed by atoms with Gasteiger partial charge in [-0.1, -0.05) is 0 Å². The molecule has 1 unspecified atom stereocenters. The maximum absolute atomic E-state index is 13.1. The molecule has 1 aliphatic heterocycles. The van der Waals surface area contributed by atoms with Crippen LogP contribution in [0, 0.1) is 11.6 Å². The number of nitrogens with one attached hydrogen (secondary N) is 2. The van der Waals surface area contributed by atoms with Gasteiger partial charge in [0, 0.05) is 31.0 Å². The first-order chi connectivity index (χ1) is 10.5. The van der Waals surface area contributed by atoms with Crippen LogP contribution >= 0.6 is 11.8 Å². The number of thioether (sulfide) groups is 1. The molecule has 122 valence electrons. The normalized spacial score (nSPS) is 21.9. The lowest BCUT2D eigenvalue weighted by Crippen LogP contribution is -2.44. The van der Waals surface area contributed by atoms with Crippen LogP contribution in [0.1, 0.15) is 25.3 Å². The molecule has 0 bridgehead atoms. The molecule has 2 rings (SSSR count). The summed E-state index contributed by atoms with van der Waals surface area (Å²) in [5.74, 6) is 0.869.